The molecule has 0 radical (unpaired) electrons. The molecule has 1 heterocycles. The number of primary amides is 1. The summed E-state index contributed by atoms with van der Waals surface area (Å²) in [5, 5.41) is 2.36. The first-order valence-corrected chi connectivity index (χ1v) is 4.18. The Morgan fingerprint density at radius 2 is 2.23 bits per heavy atom. The monoisotopic (exact) mass is 184 g/mol. The number of nitrogens with two attached hydrogens (primary N) is 1. The molecule has 0 saturated carbocycles. The second-order valence-electron chi connectivity index (χ2n) is 3.21. The lowest BCUT2D eigenvalue weighted by atomic mass is 9.95. The van der Waals surface area contributed by atoms with Gasteiger partial charge in [-0.3, -0.25) is 9.59 Å². The first-order valence-electron chi connectivity index (χ1n) is 4.18. The van der Waals surface area contributed by atoms with Crippen molar-refractivity contribution >= 4 is 18.1 Å². The molecule has 0 aliphatic carbocycles. The van der Waals surface area contributed by atoms with E-state index in [4.69, 9.17) is 5.73 Å². The molecule has 1 unspecified atom stereocenters. The van der Waals surface area contributed by atoms with Crippen LogP contribution in [0.15, 0.2) is 0 Å². The number of carbonyl (C=O) groups excluding carboxylic acids is 3. The maximum atomic E-state index is 11.1. The van der Waals surface area contributed by atoms with E-state index in [0.717, 1.165) is 0 Å². The van der Waals surface area contributed by atoms with Crippen LogP contribution in [-0.2, 0) is 14.4 Å². The average Bonchev–Trinajstić information content (AvgIpc) is 2.27. The van der Waals surface area contributed by atoms with Gasteiger partial charge in [-0.2, -0.15) is 0 Å². The van der Waals surface area contributed by atoms with Crippen molar-refractivity contribution in [3.63, 3.8) is 0 Å². The van der Waals surface area contributed by atoms with E-state index in [1.807, 2.05) is 0 Å². The van der Waals surface area contributed by atoms with Crippen LogP contribution in [0.2, 0.25) is 0 Å². The first-order chi connectivity index (χ1) is 6.10. The summed E-state index contributed by atoms with van der Waals surface area (Å²) in [5.74, 6) is -1.07. The highest BCUT2D eigenvalue weighted by molar-refractivity contribution is 6.04. The van der Waals surface area contributed by atoms with E-state index in [9.17, 15) is 14.4 Å². The highest BCUT2D eigenvalue weighted by Gasteiger charge is 2.38. The normalized spacial score (nSPS) is 28.8. The predicted octanol–water partition coefficient (Wildman–Crippen LogP) is -0.900. The van der Waals surface area contributed by atoms with Gasteiger partial charge in [0, 0.05) is 6.42 Å². The lowest BCUT2D eigenvalue weighted by Crippen LogP contribution is -2.57. The maximum Gasteiger partial charge on any atom is 0.250 e. The third-order valence-corrected chi connectivity index (χ3v) is 2.23. The Kier molecular flexibility index (Phi) is 2.65. The minimum atomic E-state index is -1.46. The predicted molar refractivity (Wildman–Crippen MR) is 44.6 cm³/mol. The zero-order chi connectivity index (χ0) is 9.90. The van der Waals surface area contributed by atoms with E-state index in [1.54, 1.807) is 0 Å². The number of nitrogens with one attached hydrogen (secondary N) is 1. The van der Waals surface area contributed by atoms with Crippen LogP contribution in [0.4, 0.5) is 0 Å². The van der Waals surface area contributed by atoms with Crippen molar-refractivity contribution < 1.29 is 14.4 Å². The van der Waals surface area contributed by atoms with Crippen molar-refractivity contribution in [1.82, 2.24) is 5.32 Å². The minimum absolute atomic E-state index is 0.289. The Balaban J connectivity index is 2.89. The molecule has 5 nitrogen and oxygen atoms in total. The fraction of sp³-hybridized carbons (Fsp3) is 0.625. The zero-order valence-corrected chi connectivity index (χ0v) is 7.21. The van der Waals surface area contributed by atoms with Crippen molar-refractivity contribution in [2.75, 3.05) is 0 Å². The fourth-order valence-corrected chi connectivity index (χ4v) is 1.39. The summed E-state index contributed by atoms with van der Waals surface area (Å²) < 4.78 is 0. The maximum absolute atomic E-state index is 11.1. The highest BCUT2D eigenvalue weighted by Crippen LogP contribution is 2.17. The summed E-state index contributed by atoms with van der Waals surface area (Å²) in [5.41, 5.74) is 3.59. The number of rotatable bonds is 2. The van der Waals surface area contributed by atoms with Crippen LogP contribution < -0.4 is 11.1 Å². The van der Waals surface area contributed by atoms with Gasteiger partial charge in [0.2, 0.25) is 5.91 Å². The van der Waals surface area contributed by atoms with Crippen LogP contribution in [0.3, 0.4) is 0 Å². The van der Waals surface area contributed by atoms with Crippen molar-refractivity contribution in [1.29, 1.82) is 0 Å². The molecule has 0 spiro atoms. The molecule has 1 aliphatic rings. The molecule has 0 aromatic heterocycles. The highest BCUT2D eigenvalue weighted by atomic mass is 16.2. The van der Waals surface area contributed by atoms with Crippen LogP contribution in [-0.4, -0.2) is 23.6 Å². The quantitative estimate of drug-likeness (QED) is 0.430. The topological polar surface area (TPSA) is 89.3 Å². The smallest absolute Gasteiger partial charge is 0.250 e. The molecule has 2 amide bonds. The van der Waals surface area contributed by atoms with E-state index in [2.05, 4.69) is 5.32 Å². The van der Waals surface area contributed by atoms with Gasteiger partial charge in [0.1, 0.15) is 0 Å². The standard InChI is InChI=1S/C8H12N2O3/c9-7(13)8(5-11)4-2-1-3-6(12)10-8/h5H,1-4H2,(H2,9,13)(H,10,12). The largest absolute Gasteiger partial charge is 0.367 e. The van der Waals surface area contributed by atoms with Gasteiger partial charge < -0.3 is 15.8 Å². The Bertz CT molecular complexity index is 252. The SMILES string of the molecule is NC(=O)C1(C=O)CCCCC(=O)N1. The van der Waals surface area contributed by atoms with Gasteiger partial charge in [-0.25, -0.2) is 0 Å². The summed E-state index contributed by atoms with van der Waals surface area (Å²) in [4.78, 5) is 32.8. The van der Waals surface area contributed by atoms with Crippen LogP contribution in [0.25, 0.3) is 0 Å². The van der Waals surface area contributed by atoms with Crippen molar-refractivity contribution in [2.24, 2.45) is 5.73 Å². The molecule has 1 atom stereocenters. The molecule has 72 valence electrons. The molecule has 3 N–H and O–H groups in total. The molecule has 13 heavy (non-hydrogen) atoms. The van der Waals surface area contributed by atoms with E-state index in [-0.39, 0.29) is 5.91 Å². The Morgan fingerprint density at radius 3 is 2.77 bits per heavy atom. The van der Waals surface area contributed by atoms with Gasteiger partial charge in [-0.15, -0.1) is 0 Å². The molecular formula is C8H12N2O3. The molecule has 1 aliphatic heterocycles. The third kappa shape index (κ3) is 1.85. The van der Waals surface area contributed by atoms with Crippen LogP contribution >= 0.6 is 0 Å². The van der Waals surface area contributed by atoms with Crippen LogP contribution in [0, 0.1) is 0 Å². The molecule has 0 bridgehead atoms. The molecule has 1 rings (SSSR count). The first kappa shape index (κ1) is 9.70. The second-order valence-corrected chi connectivity index (χ2v) is 3.21. The Labute approximate surface area is 75.7 Å². The van der Waals surface area contributed by atoms with Gasteiger partial charge in [0.05, 0.1) is 0 Å². The summed E-state index contributed by atoms with van der Waals surface area (Å²) >= 11 is 0. The minimum Gasteiger partial charge on any atom is -0.367 e. The third-order valence-electron chi connectivity index (χ3n) is 2.23. The summed E-state index contributed by atoms with van der Waals surface area (Å²) in [6.07, 6.45) is 2.42. The number of hydrogen-bond donors (Lipinski definition) is 2. The lowest BCUT2D eigenvalue weighted by molar-refractivity contribution is -0.135. The number of hydrogen-bond acceptors (Lipinski definition) is 3. The summed E-state index contributed by atoms with van der Waals surface area (Å²) in [6.45, 7) is 0. The van der Waals surface area contributed by atoms with Crippen molar-refractivity contribution in [3.8, 4) is 0 Å². The van der Waals surface area contributed by atoms with Gasteiger partial charge in [-0.1, -0.05) is 0 Å². The van der Waals surface area contributed by atoms with Crippen molar-refractivity contribution in [2.45, 2.75) is 31.2 Å². The molecular weight excluding hydrogens is 172 g/mol. The van der Waals surface area contributed by atoms with E-state index < -0.39 is 11.4 Å². The van der Waals surface area contributed by atoms with Gasteiger partial charge in [0.25, 0.3) is 5.91 Å². The van der Waals surface area contributed by atoms with Gasteiger partial charge >= 0.3 is 0 Å². The molecule has 0 aromatic rings. The fourth-order valence-electron chi connectivity index (χ4n) is 1.39. The van der Waals surface area contributed by atoms with Crippen molar-refractivity contribution in [3.05, 3.63) is 0 Å². The summed E-state index contributed by atoms with van der Waals surface area (Å²) in [7, 11) is 0. The molecule has 5 heteroatoms. The molecule has 1 fully saturated rings. The van der Waals surface area contributed by atoms with E-state index in [1.165, 1.54) is 0 Å². The van der Waals surface area contributed by atoms with E-state index in [0.29, 0.717) is 32.0 Å². The zero-order valence-electron chi connectivity index (χ0n) is 7.21. The number of amides is 2. The summed E-state index contributed by atoms with van der Waals surface area (Å²) in [6, 6.07) is 0. The second kappa shape index (κ2) is 3.55. The van der Waals surface area contributed by atoms with Crippen LogP contribution in [0.1, 0.15) is 25.7 Å². The van der Waals surface area contributed by atoms with E-state index >= 15 is 0 Å². The Hall–Kier alpha value is -1.39. The van der Waals surface area contributed by atoms with Gasteiger partial charge in [-0.05, 0) is 19.3 Å². The van der Waals surface area contributed by atoms with Crippen LogP contribution in [0.5, 0.6) is 0 Å². The average molecular weight is 184 g/mol. The number of carbonyl (C=O) groups is 3. The molecule has 0 aromatic carbocycles. The number of aldehydes is 1. The lowest BCUT2D eigenvalue weighted by Gasteiger charge is -2.22. The molecule has 1 saturated heterocycles. The van der Waals surface area contributed by atoms with Gasteiger partial charge in [0.15, 0.2) is 11.8 Å². The Morgan fingerprint density at radius 1 is 1.54 bits per heavy atom.